The van der Waals surface area contributed by atoms with E-state index >= 15 is 0 Å². The van der Waals surface area contributed by atoms with Gasteiger partial charge in [-0.3, -0.25) is 15.6 Å². The molecular formula is C4H4F6N4O. The molecule has 0 aliphatic carbocycles. The SMILES string of the molecule is N/N=C(\NNC(=O)C(F)(F)F)C(F)(F)F. The molecule has 0 unspecified atom stereocenters. The Hall–Kier alpha value is -1.68. The Kier molecular flexibility index (Phi) is 3.76. The van der Waals surface area contributed by atoms with Gasteiger partial charge in [0.1, 0.15) is 0 Å². The topological polar surface area (TPSA) is 79.5 Å². The first-order valence-electron chi connectivity index (χ1n) is 3.07. The van der Waals surface area contributed by atoms with Crippen molar-refractivity contribution in [1.29, 1.82) is 0 Å². The lowest BCUT2D eigenvalue weighted by atomic mass is 10.6. The van der Waals surface area contributed by atoms with Gasteiger partial charge in [0.05, 0.1) is 0 Å². The summed E-state index contributed by atoms with van der Waals surface area (Å²) in [5.41, 5.74) is 1.63. The van der Waals surface area contributed by atoms with Gasteiger partial charge in [0.25, 0.3) is 0 Å². The van der Waals surface area contributed by atoms with E-state index in [1.165, 1.54) is 0 Å². The van der Waals surface area contributed by atoms with Gasteiger partial charge in [-0.1, -0.05) is 0 Å². The Morgan fingerprint density at radius 3 is 1.73 bits per heavy atom. The van der Waals surface area contributed by atoms with Gasteiger partial charge in [0.2, 0.25) is 5.84 Å². The number of hydrogen-bond acceptors (Lipinski definition) is 3. The standard InChI is InChI=1S/C4H4F6N4O/c5-3(6,7)1(12-11)13-14-2(15)4(8,9)10/h11H2,(H,12,13)(H,14,15). The number of nitrogens with zero attached hydrogens (tertiary/aromatic N) is 1. The van der Waals surface area contributed by atoms with Gasteiger partial charge in [-0.25, -0.2) is 0 Å². The van der Waals surface area contributed by atoms with Gasteiger partial charge >= 0.3 is 18.3 Å². The molecule has 15 heavy (non-hydrogen) atoms. The molecule has 11 heteroatoms. The van der Waals surface area contributed by atoms with Gasteiger partial charge < -0.3 is 5.84 Å². The molecule has 0 heterocycles. The smallest absolute Gasteiger partial charge is 0.321 e. The average Bonchev–Trinajstić information content (AvgIpc) is 2.00. The van der Waals surface area contributed by atoms with E-state index in [2.05, 4.69) is 10.9 Å². The number of hydrogen-bond donors (Lipinski definition) is 3. The number of hydrazine groups is 1. The highest BCUT2D eigenvalue weighted by atomic mass is 19.4. The normalized spacial score (nSPS) is 13.6. The monoisotopic (exact) mass is 238 g/mol. The van der Waals surface area contributed by atoms with Crippen molar-refractivity contribution in [3.8, 4) is 0 Å². The third-order valence-electron chi connectivity index (χ3n) is 0.950. The fraction of sp³-hybridized carbons (Fsp3) is 0.500. The Labute approximate surface area is 78.3 Å². The predicted octanol–water partition coefficient (Wildman–Crippen LogP) is 0.00400. The molecule has 0 atom stereocenters. The molecule has 1 amide bonds. The minimum absolute atomic E-state index is 0.735. The van der Waals surface area contributed by atoms with Crippen molar-refractivity contribution in [3.05, 3.63) is 0 Å². The number of carbonyl (C=O) groups excluding carboxylic acids is 1. The number of nitrogens with one attached hydrogen (secondary N) is 2. The summed E-state index contributed by atoms with van der Waals surface area (Å²) in [6, 6.07) is 0. The van der Waals surface area contributed by atoms with Gasteiger partial charge in [-0.2, -0.15) is 31.4 Å². The third kappa shape index (κ3) is 4.37. The maximum Gasteiger partial charge on any atom is 0.472 e. The molecule has 0 aromatic heterocycles. The van der Waals surface area contributed by atoms with Gasteiger partial charge in [0, 0.05) is 0 Å². The van der Waals surface area contributed by atoms with Crippen molar-refractivity contribution in [2.75, 3.05) is 0 Å². The maximum absolute atomic E-state index is 11.8. The Morgan fingerprint density at radius 2 is 1.47 bits per heavy atom. The van der Waals surface area contributed by atoms with Crippen molar-refractivity contribution < 1.29 is 31.1 Å². The lowest BCUT2D eigenvalue weighted by molar-refractivity contribution is -0.174. The molecule has 5 nitrogen and oxygen atoms in total. The fourth-order valence-corrected chi connectivity index (χ4v) is 0.363. The Bertz CT molecular complexity index is 267. The van der Waals surface area contributed by atoms with Crippen molar-refractivity contribution in [2.45, 2.75) is 12.4 Å². The molecule has 0 aromatic rings. The van der Waals surface area contributed by atoms with Crippen molar-refractivity contribution >= 4 is 11.7 Å². The summed E-state index contributed by atoms with van der Waals surface area (Å²) in [5.74, 6) is -0.335. The molecule has 0 rings (SSSR count). The summed E-state index contributed by atoms with van der Waals surface area (Å²) in [5, 5.41) is 2.11. The van der Waals surface area contributed by atoms with Crippen LogP contribution in [0.2, 0.25) is 0 Å². The van der Waals surface area contributed by atoms with Crippen molar-refractivity contribution in [1.82, 2.24) is 10.9 Å². The molecule has 0 saturated carbocycles. The van der Waals surface area contributed by atoms with E-state index in [-0.39, 0.29) is 0 Å². The molecule has 0 radical (unpaired) electrons. The summed E-state index contributed by atoms with van der Waals surface area (Å²) < 4.78 is 69.8. The van der Waals surface area contributed by atoms with Crippen LogP contribution in [0.25, 0.3) is 0 Å². The van der Waals surface area contributed by atoms with Gasteiger partial charge in [-0.15, -0.1) is 0 Å². The van der Waals surface area contributed by atoms with E-state index in [4.69, 9.17) is 0 Å². The van der Waals surface area contributed by atoms with Crippen LogP contribution in [-0.4, -0.2) is 24.1 Å². The number of carbonyl (C=O) groups is 1. The number of nitrogens with two attached hydrogens (primary N) is 1. The fourth-order valence-electron chi connectivity index (χ4n) is 0.363. The zero-order valence-electron chi connectivity index (χ0n) is 6.70. The maximum atomic E-state index is 11.8. The summed E-state index contributed by atoms with van der Waals surface area (Å²) in [6.07, 6.45) is -10.4. The molecule has 0 bridgehead atoms. The van der Waals surface area contributed by atoms with Crippen LogP contribution in [0.5, 0.6) is 0 Å². The molecule has 0 spiro atoms. The predicted molar refractivity (Wildman–Crippen MR) is 35.0 cm³/mol. The van der Waals surface area contributed by atoms with Crippen molar-refractivity contribution in [2.24, 2.45) is 10.9 Å². The third-order valence-corrected chi connectivity index (χ3v) is 0.950. The Balaban J connectivity index is 4.35. The summed E-state index contributed by atoms with van der Waals surface area (Å²) in [7, 11) is 0. The van der Waals surface area contributed by atoms with Crippen LogP contribution in [0.15, 0.2) is 5.10 Å². The van der Waals surface area contributed by atoms with Crippen LogP contribution in [-0.2, 0) is 4.79 Å². The van der Waals surface area contributed by atoms with Crippen LogP contribution in [0.3, 0.4) is 0 Å². The largest absolute Gasteiger partial charge is 0.472 e. The van der Waals surface area contributed by atoms with E-state index in [1.54, 1.807) is 0 Å². The van der Waals surface area contributed by atoms with E-state index < -0.39 is 24.1 Å². The van der Waals surface area contributed by atoms with Crippen molar-refractivity contribution in [3.63, 3.8) is 0 Å². The second kappa shape index (κ2) is 4.23. The quantitative estimate of drug-likeness (QED) is 0.183. The zero-order chi connectivity index (χ0) is 12.3. The molecule has 0 aliphatic rings. The highest BCUT2D eigenvalue weighted by Gasteiger charge is 2.41. The first-order chi connectivity index (χ1) is 6.59. The van der Waals surface area contributed by atoms with E-state index in [1.807, 2.05) is 0 Å². The number of amides is 1. The second-order valence-electron chi connectivity index (χ2n) is 2.05. The average molecular weight is 238 g/mol. The van der Waals surface area contributed by atoms with Gasteiger partial charge in [-0.05, 0) is 0 Å². The molecule has 0 aliphatic heterocycles. The van der Waals surface area contributed by atoms with E-state index in [0.29, 0.717) is 0 Å². The highest BCUT2D eigenvalue weighted by Crippen LogP contribution is 2.16. The number of amidine groups is 1. The summed E-state index contributed by atoms with van der Waals surface area (Å²) in [6.45, 7) is 0. The van der Waals surface area contributed by atoms with Crippen LogP contribution in [0.4, 0.5) is 26.3 Å². The molecule has 0 fully saturated rings. The first-order valence-corrected chi connectivity index (χ1v) is 3.07. The molecule has 88 valence electrons. The molecule has 4 N–H and O–H groups in total. The molecule has 0 aromatic carbocycles. The van der Waals surface area contributed by atoms with E-state index in [9.17, 15) is 31.1 Å². The summed E-state index contributed by atoms with van der Waals surface area (Å²) >= 11 is 0. The first kappa shape index (κ1) is 13.3. The lowest BCUT2D eigenvalue weighted by Crippen LogP contribution is -2.52. The van der Waals surface area contributed by atoms with Crippen LogP contribution >= 0.6 is 0 Å². The number of halogens is 6. The molecular weight excluding hydrogens is 234 g/mol. The lowest BCUT2D eigenvalue weighted by Gasteiger charge is -2.13. The number of alkyl halides is 6. The summed E-state index contributed by atoms with van der Waals surface area (Å²) in [4.78, 5) is 10.1. The van der Waals surface area contributed by atoms with Crippen LogP contribution in [0.1, 0.15) is 0 Å². The molecule has 0 saturated heterocycles. The van der Waals surface area contributed by atoms with E-state index in [0.717, 1.165) is 10.9 Å². The minimum Gasteiger partial charge on any atom is -0.321 e. The van der Waals surface area contributed by atoms with Crippen LogP contribution in [0, 0.1) is 0 Å². The second-order valence-corrected chi connectivity index (χ2v) is 2.05. The van der Waals surface area contributed by atoms with Gasteiger partial charge in [0.15, 0.2) is 0 Å². The number of rotatable bonds is 0. The highest BCUT2D eigenvalue weighted by molar-refractivity contribution is 5.90. The minimum atomic E-state index is -5.31. The Morgan fingerprint density at radius 1 is 1.00 bits per heavy atom. The zero-order valence-corrected chi connectivity index (χ0v) is 6.70. The van der Waals surface area contributed by atoms with Crippen LogP contribution < -0.4 is 16.7 Å². The number of hydrazone groups is 1.